The summed E-state index contributed by atoms with van der Waals surface area (Å²) in [4.78, 5) is 11.8. The summed E-state index contributed by atoms with van der Waals surface area (Å²) in [6.45, 7) is 4.05. The third kappa shape index (κ3) is 1.07. The fourth-order valence-corrected chi connectivity index (χ4v) is 1.21. The van der Waals surface area contributed by atoms with Crippen molar-refractivity contribution in [1.29, 1.82) is 0 Å². The molecular formula is C9H11N3. The van der Waals surface area contributed by atoms with Crippen molar-refractivity contribution in [1.82, 2.24) is 15.0 Å². The highest BCUT2D eigenvalue weighted by atomic mass is 15.0. The molecule has 0 aliphatic heterocycles. The molecule has 0 spiro atoms. The van der Waals surface area contributed by atoms with Gasteiger partial charge in [0.15, 0.2) is 5.65 Å². The van der Waals surface area contributed by atoms with E-state index in [1.165, 1.54) is 0 Å². The van der Waals surface area contributed by atoms with Crippen LogP contribution < -0.4 is 0 Å². The van der Waals surface area contributed by atoms with Crippen molar-refractivity contribution in [2.45, 2.75) is 20.3 Å². The van der Waals surface area contributed by atoms with Crippen LogP contribution in [0.15, 0.2) is 12.1 Å². The summed E-state index contributed by atoms with van der Waals surface area (Å²) in [5, 5.41) is 0. The molecule has 0 aliphatic rings. The molecule has 2 heterocycles. The highest BCUT2D eigenvalue weighted by Gasteiger charge is 2.00. The molecule has 12 heavy (non-hydrogen) atoms. The van der Waals surface area contributed by atoms with Gasteiger partial charge in [0.2, 0.25) is 0 Å². The zero-order valence-corrected chi connectivity index (χ0v) is 7.26. The number of aromatic amines is 1. The Morgan fingerprint density at radius 1 is 1.33 bits per heavy atom. The first-order valence-electron chi connectivity index (χ1n) is 4.12. The van der Waals surface area contributed by atoms with Crippen LogP contribution in [0.3, 0.4) is 0 Å². The van der Waals surface area contributed by atoms with E-state index in [9.17, 15) is 0 Å². The zero-order valence-electron chi connectivity index (χ0n) is 7.26. The molecule has 0 radical (unpaired) electrons. The summed E-state index contributed by atoms with van der Waals surface area (Å²) < 4.78 is 0. The van der Waals surface area contributed by atoms with Gasteiger partial charge >= 0.3 is 0 Å². The number of nitrogens with zero attached hydrogens (tertiary/aromatic N) is 2. The Labute approximate surface area is 70.9 Å². The van der Waals surface area contributed by atoms with Crippen molar-refractivity contribution >= 4 is 11.2 Å². The van der Waals surface area contributed by atoms with E-state index >= 15 is 0 Å². The molecule has 0 amide bonds. The van der Waals surface area contributed by atoms with E-state index in [2.05, 4.69) is 21.9 Å². The van der Waals surface area contributed by atoms with Gasteiger partial charge in [0, 0.05) is 12.1 Å². The van der Waals surface area contributed by atoms with Crippen LogP contribution in [0.25, 0.3) is 11.2 Å². The minimum absolute atomic E-state index is 0.895. The van der Waals surface area contributed by atoms with Crippen LogP contribution >= 0.6 is 0 Å². The van der Waals surface area contributed by atoms with Gasteiger partial charge in [-0.1, -0.05) is 6.92 Å². The highest BCUT2D eigenvalue weighted by molar-refractivity contribution is 5.70. The Hall–Kier alpha value is -1.38. The molecule has 62 valence electrons. The number of imidazole rings is 1. The number of hydrogen-bond donors (Lipinski definition) is 1. The summed E-state index contributed by atoms with van der Waals surface area (Å²) in [7, 11) is 0. The standard InChI is InChI=1S/C9H11N3/c1-3-8-11-7-5-4-6(2)10-9(7)12-8/h4-5H,3H2,1-2H3,(H,10,11,12). The van der Waals surface area contributed by atoms with Gasteiger partial charge in [-0.3, -0.25) is 0 Å². The van der Waals surface area contributed by atoms with Crippen LogP contribution in [0.1, 0.15) is 18.4 Å². The normalized spacial score (nSPS) is 10.8. The molecule has 3 heteroatoms. The first kappa shape index (κ1) is 7.28. The van der Waals surface area contributed by atoms with Gasteiger partial charge in [0.05, 0.1) is 0 Å². The molecule has 0 atom stereocenters. The molecule has 0 fully saturated rings. The molecular weight excluding hydrogens is 150 g/mol. The molecule has 2 aromatic heterocycles. The Bertz CT molecular complexity index is 403. The van der Waals surface area contributed by atoms with Crippen LogP contribution in [0.2, 0.25) is 0 Å². The molecule has 0 bridgehead atoms. The molecule has 0 aromatic carbocycles. The minimum Gasteiger partial charge on any atom is -0.327 e. The summed E-state index contributed by atoms with van der Waals surface area (Å²) in [6.07, 6.45) is 0.926. The predicted molar refractivity (Wildman–Crippen MR) is 48.0 cm³/mol. The number of rotatable bonds is 1. The first-order valence-corrected chi connectivity index (χ1v) is 4.12. The molecule has 3 nitrogen and oxygen atoms in total. The van der Waals surface area contributed by atoms with Gasteiger partial charge in [-0.25, -0.2) is 9.97 Å². The van der Waals surface area contributed by atoms with E-state index in [1.54, 1.807) is 0 Å². The lowest BCUT2D eigenvalue weighted by Gasteiger charge is -1.88. The Morgan fingerprint density at radius 3 is 2.92 bits per heavy atom. The first-order chi connectivity index (χ1) is 5.79. The van der Waals surface area contributed by atoms with Crippen LogP contribution in [-0.2, 0) is 6.42 Å². The average molecular weight is 161 g/mol. The number of pyridine rings is 1. The minimum atomic E-state index is 0.895. The lowest BCUT2D eigenvalue weighted by Crippen LogP contribution is -1.81. The predicted octanol–water partition coefficient (Wildman–Crippen LogP) is 1.83. The second-order valence-electron chi connectivity index (χ2n) is 2.86. The van der Waals surface area contributed by atoms with Crippen LogP contribution in [0.4, 0.5) is 0 Å². The third-order valence-electron chi connectivity index (χ3n) is 1.87. The molecule has 0 unspecified atom stereocenters. The summed E-state index contributed by atoms with van der Waals surface area (Å²) in [5.74, 6) is 1.00. The SMILES string of the molecule is CCc1nc2ccc(C)nc2[nH]1. The number of H-pyrrole nitrogens is 1. The summed E-state index contributed by atoms with van der Waals surface area (Å²) in [5.41, 5.74) is 2.87. The number of aryl methyl sites for hydroxylation is 2. The Balaban J connectivity index is 2.67. The van der Waals surface area contributed by atoms with E-state index in [4.69, 9.17) is 0 Å². The number of aromatic nitrogens is 3. The van der Waals surface area contributed by atoms with Crippen molar-refractivity contribution in [2.75, 3.05) is 0 Å². The van der Waals surface area contributed by atoms with Crippen molar-refractivity contribution in [3.05, 3.63) is 23.7 Å². The van der Waals surface area contributed by atoms with Crippen molar-refractivity contribution < 1.29 is 0 Å². The molecule has 0 saturated carbocycles. The second kappa shape index (κ2) is 2.59. The second-order valence-corrected chi connectivity index (χ2v) is 2.86. The van der Waals surface area contributed by atoms with Crippen molar-refractivity contribution in [3.63, 3.8) is 0 Å². The van der Waals surface area contributed by atoms with Gasteiger partial charge in [-0.2, -0.15) is 0 Å². The van der Waals surface area contributed by atoms with E-state index < -0.39 is 0 Å². The lowest BCUT2D eigenvalue weighted by atomic mass is 10.4. The molecule has 0 aliphatic carbocycles. The molecule has 2 aromatic rings. The zero-order chi connectivity index (χ0) is 8.55. The maximum Gasteiger partial charge on any atom is 0.157 e. The Kier molecular flexibility index (Phi) is 1.57. The maximum atomic E-state index is 4.35. The largest absolute Gasteiger partial charge is 0.327 e. The van der Waals surface area contributed by atoms with E-state index in [-0.39, 0.29) is 0 Å². The van der Waals surface area contributed by atoms with Gasteiger partial charge < -0.3 is 4.98 Å². The molecule has 2 rings (SSSR count). The summed E-state index contributed by atoms with van der Waals surface area (Å²) >= 11 is 0. The van der Waals surface area contributed by atoms with Gasteiger partial charge in [-0.05, 0) is 19.1 Å². The van der Waals surface area contributed by atoms with Crippen LogP contribution in [-0.4, -0.2) is 15.0 Å². The number of hydrogen-bond acceptors (Lipinski definition) is 2. The van der Waals surface area contributed by atoms with Crippen molar-refractivity contribution in [3.8, 4) is 0 Å². The fraction of sp³-hybridized carbons (Fsp3) is 0.333. The number of nitrogens with one attached hydrogen (secondary N) is 1. The maximum absolute atomic E-state index is 4.35. The van der Waals surface area contributed by atoms with Gasteiger partial charge in [-0.15, -0.1) is 0 Å². The molecule has 0 saturated heterocycles. The quantitative estimate of drug-likeness (QED) is 0.693. The van der Waals surface area contributed by atoms with Gasteiger partial charge in [0.25, 0.3) is 0 Å². The molecule has 1 N–H and O–H groups in total. The van der Waals surface area contributed by atoms with E-state index in [0.29, 0.717) is 0 Å². The Morgan fingerprint density at radius 2 is 2.17 bits per heavy atom. The summed E-state index contributed by atoms with van der Waals surface area (Å²) in [6, 6.07) is 3.97. The highest BCUT2D eigenvalue weighted by Crippen LogP contribution is 2.09. The fourth-order valence-electron chi connectivity index (χ4n) is 1.21. The van der Waals surface area contributed by atoms with E-state index in [0.717, 1.165) is 29.1 Å². The van der Waals surface area contributed by atoms with E-state index in [1.807, 2.05) is 19.1 Å². The third-order valence-corrected chi connectivity index (χ3v) is 1.87. The average Bonchev–Trinajstić information content (AvgIpc) is 2.46. The number of fused-ring (bicyclic) bond motifs is 1. The van der Waals surface area contributed by atoms with Gasteiger partial charge in [0.1, 0.15) is 11.3 Å². The monoisotopic (exact) mass is 161 g/mol. The topological polar surface area (TPSA) is 41.6 Å². The smallest absolute Gasteiger partial charge is 0.157 e. The lowest BCUT2D eigenvalue weighted by molar-refractivity contribution is 0.997. The van der Waals surface area contributed by atoms with Crippen LogP contribution in [0, 0.1) is 6.92 Å². The van der Waals surface area contributed by atoms with Crippen LogP contribution in [0.5, 0.6) is 0 Å². The van der Waals surface area contributed by atoms with Crippen molar-refractivity contribution in [2.24, 2.45) is 0 Å².